The van der Waals surface area contributed by atoms with Gasteiger partial charge in [0.25, 0.3) is 10.2 Å². The van der Waals surface area contributed by atoms with Gasteiger partial charge in [0.15, 0.2) is 0 Å². The van der Waals surface area contributed by atoms with Crippen LogP contribution in [-0.2, 0) is 15.0 Å². The van der Waals surface area contributed by atoms with E-state index >= 15 is 0 Å². The molecule has 0 unspecified atom stereocenters. The molecule has 118 valence electrons. The van der Waals surface area contributed by atoms with E-state index in [0.717, 1.165) is 12.8 Å². The van der Waals surface area contributed by atoms with Crippen molar-refractivity contribution in [3.8, 4) is 0 Å². The Morgan fingerprint density at radius 1 is 1.45 bits per heavy atom. The summed E-state index contributed by atoms with van der Waals surface area (Å²) in [5.74, 6) is 0.122. The average Bonchev–Trinajstić information content (AvgIpc) is 2.34. The predicted octanol–water partition coefficient (Wildman–Crippen LogP) is 0.810. The molecule has 0 aromatic carbocycles. The van der Waals surface area contributed by atoms with Crippen LogP contribution in [0.4, 0.5) is 0 Å². The minimum Gasteiger partial charge on any atom is -0.353 e. The zero-order chi connectivity index (χ0) is 15.3. The fourth-order valence-electron chi connectivity index (χ4n) is 2.40. The monoisotopic (exact) mass is 305 g/mol. The number of carbonyl (C=O) groups is 1. The number of hydrogen-bond donors (Lipinski definition) is 1. The second kappa shape index (κ2) is 7.38. The highest BCUT2D eigenvalue weighted by atomic mass is 32.2. The number of rotatable bonds is 6. The van der Waals surface area contributed by atoms with E-state index in [1.165, 1.54) is 8.61 Å². The second-order valence-corrected chi connectivity index (χ2v) is 7.69. The van der Waals surface area contributed by atoms with Gasteiger partial charge in [-0.05, 0) is 32.6 Å². The molecule has 0 spiro atoms. The summed E-state index contributed by atoms with van der Waals surface area (Å²) in [5, 5.41) is 2.73. The van der Waals surface area contributed by atoms with E-state index in [4.69, 9.17) is 0 Å². The maximum atomic E-state index is 12.6. The molecule has 0 aromatic rings. The fourth-order valence-corrected chi connectivity index (χ4v) is 4.14. The lowest BCUT2D eigenvalue weighted by Crippen LogP contribution is -2.50. The first-order chi connectivity index (χ1) is 9.27. The Hall–Kier alpha value is -0.660. The van der Waals surface area contributed by atoms with Crippen LogP contribution in [0.2, 0.25) is 0 Å². The Balaban J connectivity index is 2.73. The molecule has 1 aliphatic heterocycles. The number of nitrogens with one attached hydrogen (secondary N) is 1. The molecule has 1 atom stereocenters. The normalized spacial score (nSPS) is 21.4. The summed E-state index contributed by atoms with van der Waals surface area (Å²) >= 11 is 0. The van der Waals surface area contributed by atoms with Crippen molar-refractivity contribution in [2.24, 2.45) is 5.92 Å². The lowest BCUT2D eigenvalue weighted by Gasteiger charge is -2.33. The number of amides is 1. The van der Waals surface area contributed by atoms with Crippen LogP contribution in [0.3, 0.4) is 0 Å². The molecule has 0 radical (unpaired) electrons. The van der Waals surface area contributed by atoms with Crippen molar-refractivity contribution in [3.05, 3.63) is 0 Å². The molecule has 1 aliphatic rings. The van der Waals surface area contributed by atoms with Crippen LogP contribution in [0.25, 0.3) is 0 Å². The second-order valence-electron chi connectivity index (χ2n) is 5.76. The largest absolute Gasteiger partial charge is 0.353 e. The minimum atomic E-state index is -3.53. The maximum absolute atomic E-state index is 12.6. The van der Waals surface area contributed by atoms with Gasteiger partial charge in [0.2, 0.25) is 5.91 Å². The van der Waals surface area contributed by atoms with Gasteiger partial charge in [0.05, 0.1) is 6.54 Å². The molecular formula is C13H27N3O3S. The van der Waals surface area contributed by atoms with Gasteiger partial charge in [0, 0.05) is 25.7 Å². The zero-order valence-corrected chi connectivity index (χ0v) is 13.7. The van der Waals surface area contributed by atoms with E-state index in [0.29, 0.717) is 25.6 Å². The number of carbonyl (C=O) groups excluding carboxylic acids is 1. The molecular weight excluding hydrogens is 278 g/mol. The van der Waals surface area contributed by atoms with Gasteiger partial charge in [0.1, 0.15) is 0 Å². The van der Waals surface area contributed by atoms with Crippen molar-refractivity contribution in [1.82, 2.24) is 13.9 Å². The van der Waals surface area contributed by atoms with Gasteiger partial charge in [-0.1, -0.05) is 13.8 Å². The van der Waals surface area contributed by atoms with E-state index < -0.39 is 10.2 Å². The first-order valence-corrected chi connectivity index (χ1v) is 8.71. The van der Waals surface area contributed by atoms with Crippen LogP contribution in [0.5, 0.6) is 0 Å². The Kier molecular flexibility index (Phi) is 6.42. The van der Waals surface area contributed by atoms with Gasteiger partial charge in [-0.2, -0.15) is 17.0 Å². The fraction of sp³-hybridized carbons (Fsp3) is 0.923. The SMILES string of the molecule is CCN(CC(=O)NC(C)C)S(=O)(=O)N1CCC[C@@H](C)C1. The summed E-state index contributed by atoms with van der Waals surface area (Å²) < 4.78 is 27.9. The third-order valence-electron chi connectivity index (χ3n) is 3.39. The van der Waals surface area contributed by atoms with Gasteiger partial charge in [-0.25, -0.2) is 0 Å². The minimum absolute atomic E-state index is 0.0129. The van der Waals surface area contributed by atoms with Crippen molar-refractivity contribution in [2.45, 2.75) is 46.6 Å². The smallest absolute Gasteiger partial charge is 0.282 e. The Morgan fingerprint density at radius 3 is 2.60 bits per heavy atom. The summed E-state index contributed by atoms with van der Waals surface area (Å²) in [7, 11) is -3.53. The molecule has 1 heterocycles. The van der Waals surface area contributed by atoms with E-state index in [1.807, 2.05) is 13.8 Å². The van der Waals surface area contributed by atoms with E-state index in [9.17, 15) is 13.2 Å². The third-order valence-corrected chi connectivity index (χ3v) is 5.42. The summed E-state index contributed by atoms with van der Waals surface area (Å²) in [4.78, 5) is 11.8. The molecule has 0 saturated carbocycles. The Bertz CT molecular complexity index is 423. The van der Waals surface area contributed by atoms with Crippen molar-refractivity contribution < 1.29 is 13.2 Å². The van der Waals surface area contributed by atoms with Crippen molar-refractivity contribution in [2.75, 3.05) is 26.2 Å². The maximum Gasteiger partial charge on any atom is 0.282 e. The van der Waals surface area contributed by atoms with Crippen molar-refractivity contribution in [3.63, 3.8) is 0 Å². The molecule has 7 heteroatoms. The van der Waals surface area contributed by atoms with E-state index in [1.54, 1.807) is 6.92 Å². The van der Waals surface area contributed by atoms with Crippen LogP contribution >= 0.6 is 0 Å². The quantitative estimate of drug-likeness (QED) is 0.789. The summed E-state index contributed by atoms with van der Waals surface area (Å²) in [6.07, 6.45) is 1.95. The first-order valence-electron chi connectivity index (χ1n) is 7.32. The van der Waals surface area contributed by atoms with Crippen molar-refractivity contribution in [1.29, 1.82) is 0 Å². The topological polar surface area (TPSA) is 69.7 Å². The lowest BCUT2D eigenvalue weighted by atomic mass is 10.0. The molecule has 1 fully saturated rings. The molecule has 0 bridgehead atoms. The molecule has 1 amide bonds. The number of likely N-dealkylation sites (N-methyl/N-ethyl adjacent to an activating group) is 1. The van der Waals surface area contributed by atoms with Gasteiger partial charge >= 0.3 is 0 Å². The highest BCUT2D eigenvalue weighted by Gasteiger charge is 2.32. The summed E-state index contributed by atoms with van der Waals surface area (Å²) in [6.45, 7) is 8.82. The average molecular weight is 305 g/mol. The number of hydrogen-bond acceptors (Lipinski definition) is 3. The van der Waals surface area contributed by atoms with E-state index in [-0.39, 0.29) is 18.5 Å². The molecule has 20 heavy (non-hydrogen) atoms. The highest BCUT2D eigenvalue weighted by molar-refractivity contribution is 7.86. The molecule has 0 aromatic heterocycles. The van der Waals surface area contributed by atoms with Crippen LogP contribution < -0.4 is 5.32 Å². The third kappa shape index (κ3) is 4.71. The summed E-state index contributed by atoms with van der Waals surface area (Å²) in [6, 6.07) is 0.0129. The van der Waals surface area contributed by atoms with Crippen molar-refractivity contribution >= 4 is 16.1 Å². The molecule has 1 rings (SSSR count). The summed E-state index contributed by atoms with van der Waals surface area (Å²) in [5.41, 5.74) is 0. The first kappa shape index (κ1) is 17.4. The standard InChI is InChI=1S/C13H27N3O3S/c1-5-15(10-13(17)14-11(2)3)20(18,19)16-8-6-7-12(4)9-16/h11-12H,5-10H2,1-4H3,(H,14,17)/t12-/m1/s1. The molecule has 1 N–H and O–H groups in total. The Morgan fingerprint density at radius 2 is 2.10 bits per heavy atom. The number of piperidine rings is 1. The highest BCUT2D eigenvalue weighted by Crippen LogP contribution is 2.20. The predicted molar refractivity (Wildman–Crippen MR) is 79.4 cm³/mol. The molecule has 0 aliphatic carbocycles. The van der Waals surface area contributed by atoms with Crippen LogP contribution in [0, 0.1) is 5.92 Å². The van der Waals surface area contributed by atoms with Gasteiger partial charge in [-0.15, -0.1) is 0 Å². The molecule has 6 nitrogen and oxygen atoms in total. The molecule has 1 saturated heterocycles. The van der Waals surface area contributed by atoms with Crippen LogP contribution in [0.15, 0.2) is 0 Å². The van der Waals surface area contributed by atoms with Gasteiger partial charge in [-0.3, -0.25) is 4.79 Å². The van der Waals surface area contributed by atoms with Crippen LogP contribution in [-0.4, -0.2) is 55.2 Å². The van der Waals surface area contributed by atoms with E-state index in [2.05, 4.69) is 12.2 Å². The Labute approximate surface area is 122 Å². The van der Waals surface area contributed by atoms with Crippen LogP contribution in [0.1, 0.15) is 40.5 Å². The zero-order valence-electron chi connectivity index (χ0n) is 12.9. The number of nitrogens with zero attached hydrogens (tertiary/aromatic N) is 2. The van der Waals surface area contributed by atoms with Gasteiger partial charge < -0.3 is 5.32 Å². The lowest BCUT2D eigenvalue weighted by molar-refractivity contribution is -0.121.